The van der Waals surface area contributed by atoms with E-state index in [1.807, 2.05) is 26.0 Å². The molecule has 3 heteroatoms. The molecule has 1 aromatic rings. The summed E-state index contributed by atoms with van der Waals surface area (Å²) >= 11 is 0. The lowest BCUT2D eigenvalue weighted by molar-refractivity contribution is 0.321. The van der Waals surface area contributed by atoms with Crippen LogP contribution in [0.25, 0.3) is 0 Å². The first-order chi connectivity index (χ1) is 6.19. The number of oxime groups is 1. The van der Waals surface area contributed by atoms with Crippen molar-refractivity contribution in [3.63, 3.8) is 0 Å². The van der Waals surface area contributed by atoms with Crippen LogP contribution < -0.4 is 4.74 Å². The zero-order valence-corrected chi connectivity index (χ0v) is 8.03. The molecule has 13 heavy (non-hydrogen) atoms. The van der Waals surface area contributed by atoms with Crippen LogP contribution in [0.1, 0.15) is 16.7 Å². The molecule has 0 amide bonds. The molecule has 3 nitrogen and oxygen atoms in total. The normalized spacial score (nSPS) is 10.7. The average Bonchev–Trinajstić information content (AvgIpc) is 2.09. The fourth-order valence-electron chi connectivity index (χ4n) is 1.33. The molecule has 0 saturated heterocycles. The molecule has 0 saturated carbocycles. The maximum atomic E-state index is 8.45. The van der Waals surface area contributed by atoms with Crippen LogP contribution in [0.15, 0.2) is 17.3 Å². The maximum absolute atomic E-state index is 8.45. The summed E-state index contributed by atoms with van der Waals surface area (Å²) in [5.41, 5.74) is 2.98. The quantitative estimate of drug-likeness (QED) is 0.429. The topological polar surface area (TPSA) is 41.8 Å². The molecule has 0 fully saturated rings. The minimum absolute atomic E-state index is 0.732. The van der Waals surface area contributed by atoms with Crippen molar-refractivity contribution in [1.29, 1.82) is 0 Å². The third kappa shape index (κ3) is 1.99. The highest BCUT2D eigenvalue weighted by molar-refractivity contribution is 5.85. The van der Waals surface area contributed by atoms with Gasteiger partial charge in [-0.2, -0.15) is 0 Å². The third-order valence-corrected chi connectivity index (χ3v) is 1.90. The van der Waals surface area contributed by atoms with Crippen LogP contribution in [-0.4, -0.2) is 18.5 Å². The van der Waals surface area contributed by atoms with Crippen LogP contribution >= 0.6 is 0 Å². The van der Waals surface area contributed by atoms with Gasteiger partial charge >= 0.3 is 0 Å². The Kier molecular flexibility index (Phi) is 2.90. The van der Waals surface area contributed by atoms with E-state index in [0.717, 1.165) is 22.4 Å². The van der Waals surface area contributed by atoms with Gasteiger partial charge < -0.3 is 9.94 Å². The van der Waals surface area contributed by atoms with E-state index < -0.39 is 0 Å². The number of methoxy groups -OCH3 is 1. The molecule has 0 aliphatic rings. The molecule has 0 aliphatic carbocycles. The number of benzene rings is 1. The summed E-state index contributed by atoms with van der Waals surface area (Å²) in [6.07, 6.45) is 1.38. The molecule has 0 heterocycles. The molecule has 0 bridgehead atoms. The van der Waals surface area contributed by atoms with Gasteiger partial charge in [0.05, 0.1) is 13.3 Å². The first kappa shape index (κ1) is 9.58. The Hall–Kier alpha value is -1.51. The number of hydrogen-bond donors (Lipinski definition) is 1. The van der Waals surface area contributed by atoms with E-state index in [0.29, 0.717) is 0 Å². The predicted octanol–water partition coefficient (Wildman–Crippen LogP) is 2.12. The van der Waals surface area contributed by atoms with Gasteiger partial charge in [-0.25, -0.2) is 0 Å². The summed E-state index contributed by atoms with van der Waals surface area (Å²) in [5.74, 6) is 0.732. The molecule has 1 aromatic carbocycles. The van der Waals surface area contributed by atoms with Crippen LogP contribution in [-0.2, 0) is 0 Å². The molecule has 1 rings (SSSR count). The first-order valence-electron chi connectivity index (χ1n) is 4.01. The molecular formula is C10H13NO2. The lowest BCUT2D eigenvalue weighted by Crippen LogP contribution is -1.95. The van der Waals surface area contributed by atoms with Gasteiger partial charge in [0.15, 0.2) is 0 Å². The number of aryl methyl sites for hydroxylation is 2. The van der Waals surface area contributed by atoms with E-state index in [9.17, 15) is 0 Å². The average molecular weight is 179 g/mol. The van der Waals surface area contributed by atoms with Gasteiger partial charge in [0.2, 0.25) is 0 Å². The van der Waals surface area contributed by atoms with Crippen molar-refractivity contribution in [2.75, 3.05) is 7.11 Å². The highest BCUT2D eigenvalue weighted by atomic mass is 16.5. The molecule has 0 atom stereocenters. The Labute approximate surface area is 77.6 Å². The molecule has 0 radical (unpaired) electrons. The predicted molar refractivity (Wildman–Crippen MR) is 51.8 cm³/mol. The first-order valence-corrected chi connectivity index (χ1v) is 4.01. The fourth-order valence-corrected chi connectivity index (χ4v) is 1.33. The van der Waals surface area contributed by atoms with E-state index in [-0.39, 0.29) is 0 Å². The summed E-state index contributed by atoms with van der Waals surface area (Å²) < 4.78 is 5.16. The molecule has 70 valence electrons. The van der Waals surface area contributed by atoms with E-state index in [1.165, 1.54) is 6.21 Å². The highest BCUT2D eigenvalue weighted by Crippen LogP contribution is 2.22. The Morgan fingerprint density at radius 3 is 2.62 bits per heavy atom. The van der Waals surface area contributed by atoms with Crippen LogP contribution in [0, 0.1) is 13.8 Å². The van der Waals surface area contributed by atoms with E-state index >= 15 is 0 Å². The standard InChI is InChI=1S/C10H13NO2/c1-7-4-8(2)9(6-11-12)10(5-7)13-3/h4-6,12H,1-3H3. The largest absolute Gasteiger partial charge is 0.496 e. The Balaban J connectivity index is 3.29. The number of ether oxygens (including phenoxy) is 1. The van der Waals surface area contributed by atoms with Gasteiger partial charge in [0, 0.05) is 5.56 Å². The fraction of sp³-hybridized carbons (Fsp3) is 0.300. The van der Waals surface area contributed by atoms with Crippen LogP contribution in [0.3, 0.4) is 0 Å². The van der Waals surface area contributed by atoms with E-state index in [4.69, 9.17) is 9.94 Å². The Morgan fingerprint density at radius 1 is 1.38 bits per heavy atom. The number of nitrogens with zero attached hydrogens (tertiary/aromatic N) is 1. The molecular weight excluding hydrogens is 166 g/mol. The van der Waals surface area contributed by atoms with Crippen molar-refractivity contribution in [1.82, 2.24) is 0 Å². The van der Waals surface area contributed by atoms with Crippen molar-refractivity contribution in [2.24, 2.45) is 5.16 Å². The second kappa shape index (κ2) is 3.94. The summed E-state index contributed by atoms with van der Waals surface area (Å²) in [6, 6.07) is 3.92. The molecule has 1 N–H and O–H groups in total. The maximum Gasteiger partial charge on any atom is 0.128 e. The van der Waals surface area contributed by atoms with Gasteiger partial charge in [0.1, 0.15) is 5.75 Å². The van der Waals surface area contributed by atoms with Gasteiger partial charge in [-0.1, -0.05) is 11.2 Å². The highest BCUT2D eigenvalue weighted by Gasteiger charge is 2.04. The van der Waals surface area contributed by atoms with Crippen molar-refractivity contribution in [3.05, 3.63) is 28.8 Å². The van der Waals surface area contributed by atoms with Crippen molar-refractivity contribution in [3.8, 4) is 5.75 Å². The minimum atomic E-state index is 0.732. The summed E-state index contributed by atoms with van der Waals surface area (Å²) in [6.45, 7) is 3.95. The van der Waals surface area contributed by atoms with Gasteiger partial charge in [-0.15, -0.1) is 0 Å². The molecule has 0 aromatic heterocycles. The number of rotatable bonds is 2. The van der Waals surface area contributed by atoms with Crippen molar-refractivity contribution in [2.45, 2.75) is 13.8 Å². The van der Waals surface area contributed by atoms with E-state index in [1.54, 1.807) is 7.11 Å². The van der Waals surface area contributed by atoms with E-state index in [2.05, 4.69) is 5.16 Å². The molecule has 0 unspecified atom stereocenters. The summed E-state index contributed by atoms with van der Waals surface area (Å²) in [4.78, 5) is 0. The minimum Gasteiger partial charge on any atom is -0.496 e. The van der Waals surface area contributed by atoms with Crippen LogP contribution in [0.5, 0.6) is 5.75 Å². The zero-order chi connectivity index (χ0) is 9.84. The second-order valence-corrected chi connectivity index (χ2v) is 2.94. The Morgan fingerprint density at radius 2 is 2.08 bits per heavy atom. The third-order valence-electron chi connectivity index (χ3n) is 1.90. The SMILES string of the molecule is COc1cc(C)cc(C)c1C=NO. The number of hydrogen-bond acceptors (Lipinski definition) is 3. The summed E-state index contributed by atoms with van der Waals surface area (Å²) in [5, 5.41) is 11.4. The zero-order valence-electron chi connectivity index (χ0n) is 8.03. The smallest absolute Gasteiger partial charge is 0.128 e. The molecule has 0 spiro atoms. The lowest BCUT2D eigenvalue weighted by Gasteiger charge is -2.08. The van der Waals surface area contributed by atoms with Crippen molar-refractivity contribution >= 4 is 6.21 Å². The van der Waals surface area contributed by atoms with Crippen molar-refractivity contribution < 1.29 is 9.94 Å². The van der Waals surface area contributed by atoms with Crippen LogP contribution in [0.4, 0.5) is 0 Å². The summed E-state index contributed by atoms with van der Waals surface area (Å²) in [7, 11) is 1.60. The second-order valence-electron chi connectivity index (χ2n) is 2.94. The Bertz CT molecular complexity index is 332. The monoisotopic (exact) mass is 179 g/mol. The van der Waals surface area contributed by atoms with Gasteiger partial charge in [-0.3, -0.25) is 0 Å². The van der Waals surface area contributed by atoms with Gasteiger partial charge in [-0.05, 0) is 31.0 Å². The van der Waals surface area contributed by atoms with Gasteiger partial charge in [0.25, 0.3) is 0 Å². The molecule has 0 aliphatic heterocycles. The lowest BCUT2D eigenvalue weighted by atomic mass is 10.1. The van der Waals surface area contributed by atoms with Crippen LogP contribution in [0.2, 0.25) is 0 Å².